The second-order valence-corrected chi connectivity index (χ2v) is 34.1. The quantitative estimate of drug-likeness (QED) is 0.0702. The van der Waals surface area contributed by atoms with E-state index in [2.05, 4.69) is 156 Å². The lowest BCUT2D eigenvalue weighted by Crippen LogP contribution is -2.39. The van der Waals surface area contributed by atoms with Crippen LogP contribution < -0.4 is 0 Å². The van der Waals surface area contributed by atoms with Crippen LogP contribution in [0.2, 0.25) is 0 Å². The lowest BCUT2D eigenvalue weighted by atomic mass is 9.71. The van der Waals surface area contributed by atoms with E-state index in [1.807, 2.05) is 273 Å². The summed E-state index contributed by atoms with van der Waals surface area (Å²) in [5, 5.41) is 78.9. The average Bonchev–Trinajstić information content (AvgIpc) is 1.54. The fourth-order valence-corrected chi connectivity index (χ4v) is 19.9. The zero-order valence-electron chi connectivity index (χ0n) is 72.7. The van der Waals surface area contributed by atoms with Crippen molar-refractivity contribution in [2.24, 2.45) is 11.8 Å². The van der Waals surface area contributed by atoms with Gasteiger partial charge in [-0.2, -0.15) is 0 Å². The zero-order valence-corrected chi connectivity index (χ0v) is 72.7. The molecule has 14 heteroatoms. The van der Waals surface area contributed by atoms with Crippen molar-refractivity contribution < 1.29 is 35.7 Å². The second-order valence-electron chi connectivity index (χ2n) is 34.1. The normalized spacial score (nSPS) is 19.8. The molecule has 24 rings (SSSR count). The Bertz CT molecular complexity index is 6810. The molecule has 131 heavy (non-hydrogen) atoms. The fourth-order valence-electron chi connectivity index (χ4n) is 19.9. The van der Waals surface area contributed by atoms with Gasteiger partial charge < -0.3 is 35.7 Å². The Morgan fingerprint density at radius 2 is 0.794 bits per heavy atom. The highest BCUT2D eigenvalue weighted by molar-refractivity contribution is 5.90. The molecule has 7 heterocycles. The fraction of sp³-hybridized carbons (Fsp3) is 0.154. The number of benzene rings is 10. The van der Waals surface area contributed by atoms with Crippen molar-refractivity contribution in [2.45, 2.75) is 98.0 Å². The number of pyridine rings is 7. The molecule has 7 aromatic heterocycles. The first-order valence-electron chi connectivity index (χ1n) is 44.7. The van der Waals surface area contributed by atoms with E-state index in [9.17, 15) is 30.6 Å². The monoisotopic (exact) mass is 1720 g/mol. The SMILES string of the molecule is CC(O)Cc1ccccn1.OC1(c2ccccn2)C=CCc2ccccc21.OC1(c2ccccn2)Cc2cccc3cccc(c23)C1.OC1(c2ccccn2)Cc2ccccc2-c2ccccc21.OC1(c2ccccn2)c2ccccc2-c2ccccc21.OC1(c2ccccn2)c2ccccc2CCC2C=CC=CC21.OC1c2ccccc2-c2ccccc2C1c1ccccn1. The molecule has 0 spiro atoms. The average molecular weight is 1720 g/mol. The van der Waals surface area contributed by atoms with Crippen LogP contribution in [-0.2, 0) is 66.5 Å². The van der Waals surface area contributed by atoms with E-state index in [-0.39, 0.29) is 17.9 Å². The van der Waals surface area contributed by atoms with E-state index in [4.69, 9.17) is 5.11 Å². The van der Waals surface area contributed by atoms with Crippen molar-refractivity contribution in [1.82, 2.24) is 34.9 Å². The first-order valence-corrected chi connectivity index (χ1v) is 44.7. The van der Waals surface area contributed by atoms with Gasteiger partial charge in [0.25, 0.3) is 0 Å². The van der Waals surface area contributed by atoms with Gasteiger partial charge in [0.15, 0.2) is 11.2 Å². The van der Waals surface area contributed by atoms with Crippen molar-refractivity contribution in [2.75, 3.05) is 0 Å². The Kier molecular flexibility index (Phi) is 25.8. The van der Waals surface area contributed by atoms with Gasteiger partial charge in [0.05, 0.1) is 52.3 Å². The van der Waals surface area contributed by atoms with Crippen LogP contribution in [0.5, 0.6) is 0 Å². The maximum atomic E-state index is 11.8. The predicted octanol–water partition coefficient (Wildman–Crippen LogP) is 21.1. The minimum Gasteiger partial charge on any atom is -0.393 e. The summed E-state index contributed by atoms with van der Waals surface area (Å²) in [6.45, 7) is 1.76. The molecule has 0 aliphatic heterocycles. The highest BCUT2D eigenvalue weighted by Gasteiger charge is 2.48. The first kappa shape index (κ1) is 87.2. The minimum absolute atomic E-state index is 0.0241. The van der Waals surface area contributed by atoms with E-state index >= 15 is 0 Å². The summed E-state index contributed by atoms with van der Waals surface area (Å²) in [5.41, 5.74) is 19.6. The number of aliphatic hydroxyl groups is 7. The van der Waals surface area contributed by atoms with Gasteiger partial charge in [-0.05, 0) is 223 Å². The number of aryl methyl sites for hydroxylation is 1. The number of aromatic nitrogens is 7. The van der Waals surface area contributed by atoms with Gasteiger partial charge in [-0.25, -0.2) is 0 Å². The van der Waals surface area contributed by atoms with Crippen LogP contribution >= 0.6 is 0 Å². The van der Waals surface area contributed by atoms with Crippen molar-refractivity contribution in [3.05, 3.63) is 544 Å². The van der Waals surface area contributed by atoms with E-state index in [0.29, 0.717) is 48.7 Å². The molecule has 7 N–H and O–H groups in total. The minimum atomic E-state index is -1.16. The highest BCUT2D eigenvalue weighted by atomic mass is 16.3. The Hall–Kier alpha value is -14.6. The molecular weight excluding hydrogens is 1620 g/mol. The molecule has 646 valence electrons. The van der Waals surface area contributed by atoms with Gasteiger partial charge in [-0.15, -0.1) is 0 Å². The molecule has 0 fully saturated rings. The van der Waals surface area contributed by atoms with E-state index in [0.717, 1.165) is 114 Å². The largest absolute Gasteiger partial charge is 0.393 e. The second kappa shape index (κ2) is 38.8. The highest BCUT2D eigenvalue weighted by Crippen LogP contribution is 2.53. The van der Waals surface area contributed by atoms with Gasteiger partial charge in [0, 0.05) is 91.8 Å². The van der Waals surface area contributed by atoms with Crippen molar-refractivity contribution >= 4 is 10.8 Å². The Labute approximate surface area is 764 Å². The molecule has 7 aliphatic carbocycles. The van der Waals surface area contributed by atoms with Crippen LogP contribution in [0.4, 0.5) is 0 Å². The van der Waals surface area contributed by atoms with Crippen molar-refractivity contribution in [3.63, 3.8) is 0 Å². The molecule has 14 nitrogen and oxygen atoms in total. The predicted molar refractivity (Wildman–Crippen MR) is 517 cm³/mol. The molecule has 8 atom stereocenters. The Balaban J connectivity index is 0.000000104. The zero-order chi connectivity index (χ0) is 89.8. The topological polar surface area (TPSA) is 232 Å². The van der Waals surface area contributed by atoms with E-state index in [1.54, 1.807) is 50.3 Å². The smallest absolute Gasteiger partial charge is 0.158 e. The van der Waals surface area contributed by atoms with Crippen LogP contribution in [0.25, 0.3) is 44.2 Å². The van der Waals surface area contributed by atoms with Crippen LogP contribution in [-0.4, -0.2) is 76.7 Å². The molecule has 8 unspecified atom stereocenters. The van der Waals surface area contributed by atoms with Crippen molar-refractivity contribution in [3.8, 4) is 33.4 Å². The standard InChI is InChI=1S/C20H19NO.2C19H15NO.C18H13NO.C18H15NO.C15H13NO.C8H11NO/c22-20(19-11-5-6-14-21-19)17-9-3-1-7-15(17)12-13-16-8-2-4-10-18(16)20;21-19-16-10-4-2-8-14(16)13-7-1-3-9-15(13)18(19)17-11-5-6-12-20-17;21-19(18-11-5-6-12-20-18)13-14-7-1-2-8-15(14)16-9-3-4-10-17(16)19;20-18(17-11-5-6-12-19-17)15-9-3-1-7-13(15)14-8-2-4-10-16(14)18;20-18(16-9-1-2-10-19-16)11-14-7-3-5-13-6-4-8-15(12-18)17(13)14;17-15(14-9-3-4-11-16-14)10-5-7-12-6-1-2-8-13(12)15;1-7(10)6-8-4-2-3-5-9-8/h1-11,14-15,17,22H,12-13H2;1-12,18-19,21H;1-12,21H,13H2;1-12,20H;1-10,20H,11-12H2;1-6,8-11,17H,7H2;2-5,7,10H,6H2,1H3. The van der Waals surface area contributed by atoms with Crippen LogP contribution in [0, 0.1) is 11.8 Å². The van der Waals surface area contributed by atoms with E-state index in [1.165, 1.54) is 38.6 Å². The lowest BCUT2D eigenvalue weighted by Gasteiger charge is -2.38. The summed E-state index contributed by atoms with van der Waals surface area (Å²) < 4.78 is 0. The number of rotatable bonds is 8. The molecule has 0 saturated carbocycles. The number of fused-ring (bicyclic) bond motifs is 12. The third-order valence-electron chi connectivity index (χ3n) is 25.9. The molecule has 0 radical (unpaired) electrons. The first-order chi connectivity index (χ1) is 64.1. The molecule has 0 amide bonds. The summed E-state index contributed by atoms with van der Waals surface area (Å²) in [7, 11) is 0. The number of hydrogen-bond acceptors (Lipinski definition) is 14. The molecule has 10 aromatic carbocycles. The van der Waals surface area contributed by atoms with Gasteiger partial charge in [0.2, 0.25) is 0 Å². The number of aliphatic hydroxyl groups excluding tert-OH is 2. The summed E-state index contributed by atoms with van der Waals surface area (Å²) >= 11 is 0. The van der Waals surface area contributed by atoms with Crippen LogP contribution in [0.15, 0.2) is 438 Å². The molecular formula is C117H101N7O7. The lowest BCUT2D eigenvalue weighted by molar-refractivity contribution is 0.0170. The van der Waals surface area contributed by atoms with Crippen LogP contribution in [0.1, 0.15) is 132 Å². The van der Waals surface area contributed by atoms with Gasteiger partial charge in [0.1, 0.15) is 16.8 Å². The summed E-state index contributed by atoms with van der Waals surface area (Å²) in [4.78, 5) is 30.4. The Morgan fingerprint density at radius 1 is 0.351 bits per heavy atom. The van der Waals surface area contributed by atoms with Gasteiger partial charge >= 0.3 is 0 Å². The molecule has 7 aliphatic rings. The van der Waals surface area contributed by atoms with Crippen LogP contribution in [0.3, 0.4) is 0 Å². The third-order valence-corrected chi connectivity index (χ3v) is 25.9. The molecule has 0 saturated heterocycles. The van der Waals surface area contributed by atoms with Crippen molar-refractivity contribution in [1.29, 1.82) is 0 Å². The third kappa shape index (κ3) is 17.7. The van der Waals surface area contributed by atoms with E-state index < -0.39 is 34.1 Å². The molecule has 0 bridgehead atoms. The van der Waals surface area contributed by atoms with Gasteiger partial charge in [-0.1, -0.05) is 303 Å². The summed E-state index contributed by atoms with van der Waals surface area (Å²) in [5.74, 6) is 0.248. The summed E-state index contributed by atoms with van der Waals surface area (Å²) in [6.07, 6.45) is 29.0. The number of allylic oxidation sites excluding steroid dienone is 4. The molecule has 17 aromatic rings. The number of nitrogens with zero attached hydrogens (tertiary/aromatic N) is 7. The van der Waals surface area contributed by atoms with Gasteiger partial charge in [-0.3, -0.25) is 34.9 Å². The Morgan fingerprint density at radius 3 is 1.37 bits per heavy atom. The maximum Gasteiger partial charge on any atom is 0.158 e. The number of hydrogen-bond donors (Lipinski definition) is 7. The summed E-state index contributed by atoms with van der Waals surface area (Å²) in [6, 6.07) is 117. The maximum absolute atomic E-state index is 11.8.